The van der Waals surface area contributed by atoms with Crippen molar-refractivity contribution in [3.8, 4) is 6.07 Å². The summed E-state index contributed by atoms with van der Waals surface area (Å²) >= 11 is 0. The molecule has 5 fully saturated rings. The molecule has 1 aromatic carbocycles. The van der Waals surface area contributed by atoms with E-state index in [1.807, 2.05) is 21.9 Å². The smallest absolute Gasteiger partial charge is 0.408 e. The number of halogens is 1. The lowest BCUT2D eigenvalue weighted by Crippen LogP contribution is -2.59. The van der Waals surface area contributed by atoms with E-state index < -0.39 is 23.8 Å². The number of fused-ring (bicyclic) bond motifs is 3. The number of piperidine rings is 1. The van der Waals surface area contributed by atoms with Gasteiger partial charge in [-0.2, -0.15) is 5.26 Å². The number of carbonyl (C=O) groups is 3. The second-order valence-electron chi connectivity index (χ2n) is 13.5. The first-order valence-electron chi connectivity index (χ1n) is 15.1. The molecule has 3 aliphatic heterocycles. The second kappa shape index (κ2) is 10.6. The average molecular weight is 566 g/mol. The summed E-state index contributed by atoms with van der Waals surface area (Å²) in [4.78, 5) is 46.3. The van der Waals surface area contributed by atoms with Crippen LogP contribution in [0.3, 0.4) is 0 Å². The Morgan fingerprint density at radius 2 is 1.85 bits per heavy atom. The van der Waals surface area contributed by atoms with Crippen LogP contribution in [0.2, 0.25) is 0 Å². The molecule has 220 valence electrons. The highest BCUT2D eigenvalue weighted by atomic mass is 19.1. The van der Waals surface area contributed by atoms with Gasteiger partial charge in [0.1, 0.15) is 23.5 Å². The number of nitriles is 1. The van der Waals surface area contributed by atoms with Crippen molar-refractivity contribution in [3.63, 3.8) is 0 Å². The third-order valence-electron chi connectivity index (χ3n) is 9.59. The topological polar surface area (TPSA) is 106 Å². The van der Waals surface area contributed by atoms with E-state index in [1.54, 1.807) is 25.7 Å². The predicted octanol–water partition coefficient (Wildman–Crippen LogP) is 3.75. The van der Waals surface area contributed by atoms with Crippen LogP contribution in [0.1, 0.15) is 77.3 Å². The van der Waals surface area contributed by atoms with Gasteiger partial charge in [-0.25, -0.2) is 9.18 Å². The van der Waals surface area contributed by atoms with Gasteiger partial charge in [0.15, 0.2) is 0 Å². The van der Waals surface area contributed by atoms with Gasteiger partial charge in [-0.3, -0.25) is 14.5 Å². The van der Waals surface area contributed by atoms with Crippen LogP contribution in [0, 0.1) is 29.0 Å². The minimum Gasteiger partial charge on any atom is -0.444 e. The van der Waals surface area contributed by atoms with Crippen molar-refractivity contribution in [3.05, 3.63) is 35.6 Å². The number of carbonyl (C=O) groups excluding carboxylic acids is 3. The third-order valence-corrected chi connectivity index (χ3v) is 9.59. The molecule has 0 aromatic heterocycles. The first-order chi connectivity index (χ1) is 19.5. The molecule has 5 aliphatic rings. The quantitative estimate of drug-likeness (QED) is 0.540. The fourth-order valence-electron chi connectivity index (χ4n) is 7.79. The zero-order valence-electron chi connectivity index (χ0n) is 24.1. The Bertz CT molecular complexity index is 1240. The van der Waals surface area contributed by atoms with Gasteiger partial charge in [0.05, 0.1) is 18.2 Å². The highest BCUT2D eigenvalue weighted by molar-refractivity contribution is 5.89. The van der Waals surface area contributed by atoms with Crippen LogP contribution in [-0.4, -0.2) is 81.5 Å². The molecule has 2 aliphatic carbocycles. The van der Waals surface area contributed by atoms with Crippen molar-refractivity contribution < 1.29 is 23.5 Å². The van der Waals surface area contributed by atoms with E-state index in [4.69, 9.17) is 4.74 Å². The molecule has 0 spiro atoms. The van der Waals surface area contributed by atoms with Crippen LogP contribution in [0.5, 0.6) is 0 Å². The average Bonchev–Trinajstić information content (AvgIpc) is 3.34. The Hall–Kier alpha value is -3.19. The molecule has 10 heteroatoms. The van der Waals surface area contributed by atoms with E-state index in [-0.39, 0.29) is 48.3 Å². The maximum absolute atomic E-state index is 14.0. The van der Waals surface area contributed by atoms with Gasteiger partial charge in [-0.15, -0.1) is 0 Å². The lowest BCUT2D eigenvalue weighted by molar-refractivity contribution is -0.143. The van der Waals surface area contributed by atoms with Crippen molar-refractivity contribution >= 4 is 17.9 Å². The van der Waals surface area contributed by atoms with Gasteiger partial charge in [-0.05, 0) is 82.4 Å². The normalized spacial score (nSPS) is 30.7. The van der Waals surface area contributed by atoms with Crippen molar-refractivity contribution in [2.45, 2.75) is 108 Å². The Balaban J connectivity index is 1.21. The molecule has 3 heterocycles. The molecule has 0 unspecified atom stereocenters. The molecule has 7 atom stereocenters. The summed E-state index contributed by atoms with van der Waals surface area (Å²) < 4.78 is 19.2. The number of likely N-dealkylation sites (tertiary alicyclic amines) is 3. The summed E-state index contributed by atoms with van der Waals surface area (Å²) in [5.41, 5.74) is 0.238. The molecular weight excluding hydrogens is 525 g/mol. The molecule has 3 amide bonds. The van der Waals surface area contributed by atoms with E-state index in [9.17, 15) is 24.0 Å². The van der Waals surface area contributed by atoms with Crippen LogP contribution in [0.25, 0.3) is 0 Å². The van der Waals surface area contributed by atoms with Crippen molar-refractivity contribution in [2.24, 2.45) is 11.8 Å². The Kier molecular flexibility index (Phi) is 7.21. The number of alkyl carbamates (subject to hydrolysis) is 1. The van der Waals surface area contributed by atoms with Gasteiger partial charge < -0.3 is 19.9 Å². The Labute approximate surface area is 241 Å². The molecule has 3 saturated heterocycles. The Morgan fingerprint density at radius 1 is 1.15 bits per heavy atom. The summed E-state index contributed by atoms with van der Waals surface area (Å²) in [6.45, 7) is 6.06. The monoisotopic (exact) mass is 565 g/mol. The van der Waals surface area contributed by atoms with Crippen LogP contribution in [0.4, 0.5) is 9.18 Å². The highest BCUT2D eigenvalue weighted by Gasteiger charge is 2.57. The van der Waals surface area contributed by atoms with Crippen LogP contribution < -0.4 is 5.32 Å². The standard InChI is InChI=1S/C31H40FN5O4/c1-31(2,3)41-30(40)34-24(28(38)36-22(15-33)12-20-13-25(20)36)17-35-16-23-14-26(35)29(39)37(23)27(18-6-4-5-7-18)19-8-10-21(32)11-9-19/h8-11,18,20,22-27H,4-7,12-14,16-17H2,1-3H3,(H,34,40)/t20-,22+,23+,24+,25+,26+,27-/m1/s1. The molecule has 6 rings (SSSR count). The Morgan fingerprint density at radius 3 is 2.49 bits per heavy atom. The number of piperazine rings is 1. The number of ether oxygens (including phenoxy) is 1. The summed E-state index contributed by atoms with van der Waals surface area (Å²) in [6, 6.07) is 6.93. The zero-order chi connectivity index (χ0) is 29.1. The van der Waals surface area contributed by atoms with E-state index in [0.29, 0.717) is 31.2 Å². The predicted molar refractivity (Wildman–Crippen MR) is 148 cm³/mol. The van der Waals surface area contributed by atoms with Crippen molar-refractivity contribution in [1.29, 1.82) is 5.26 Å². The molecule has 41 heavy (non-hydrogen) atoms. The van der Waals surface area contributed by atoms with Gasteiger partial charge in [0, 0.05) is 25.2 Å². The molecule has 9 nitrogen and oxygen atoms in total. The number of amides is 3. The highest BCUT2D eigenvalue weighted by Crippen LogP contribution is 2.48. The molecule has 1 aromatic rings. The maximum Gasteiger partial charge on any atom is 0.408 e. The van der Waals surface area contributed by atoms with Crippen LogP contribution >= 0.6 is 0 Å². The third kappa shape index (κ3) is 5.41. The maximum atomic E-state index is 14.0. The molecule has 1 N–H and O–H groups in total. The van der Waals surface area contributed by atoms with Crippen molar-refractivity contribution in [2.75, 3.05) is 13.1 Å². The minimum atomic E-state index is -0.927. The largest absolute Gasteiger partial charge is 0.444 e. The van der Waals surface area contributed by atoms with E-state index in [1.165, 1.54) is 12.1 Å². The van der Waals surface area contributed by atoms with Gasteiger partial charge >= 0.3 is 6.09 Å². The van der Waals surface area contributed by atoms with Crippen LogP contribution in [-0.2, 0) is 14.3 Å². The SMILES string of the molecule is CC(C)(C)OC(=O)N[C@@H](CN1C[C@@H]2C[C@H]1C(=O)N2[C@@H](c1ccc(F)cc1)C1CCCC1)C(=O)N1[C@H](C#N)C[C@@H]2C[C@@H]21. The van der Waals surface area contributed by atoms with Crippen molar-refractivity contribution in [1.82, 2.24) is 20.0 Å². The summed E-state index contributed by atoms with van der Waals surface area (Å²) in [6.07, 6.45) is 5.87. The lowest BCUT2D eigenvalue weighted by Gasteiger charge is -2.42. The van der Waals surface area contributed by atoms with Crippen LogP contribution in [0.15, 0.2) is 24.3 Å². The van der Waals surface area contributed by atoms with Gasteiger partial charge in [0.2, 0.25) is 11.8 Å². The number of nitrogens with one attached hydrogen (secondary N) is 1. The van der Waals surface area contributed by atoms with E-state index in [0.717, 1.165) is 37.7 Å². The second-order valence-corrected chi connectivity index (χ2v) is 13.5. The number of nitrogens with zero attached hydrogens (tertiary/aromatic N) is 4. The number of hydrogen-bond donors (Lipinski definition) is 1. The zero-order valence-corrected chi connectivity index (χ0v) is 24.1. The number of rotatable bonds is 7. The molecule has 2 saturated carbocycles. The fraction of sp³-hybridized carbons (Fsp3) is 0.677. The first kappa shape index (κ1) is 28.0. The van der Waals surface area contributed by atoms with E-state index >= 15 is 0 Å². The molecular formula is C31H40FN5O4. The summed E-state index contributed by atoms with van der Waals surface area (Å²) in [7, 11) is 0. The fourth-order valence-corrected chi connectivity index (χ4v) is 7.79. The first-order valence-corrected chi connectivity index (χ1v) is 15.1. The summed E-state index contributed by atoms with van der Waals surface area (Å²) in [5, 5.41) is 12.5. The van der Waals surface area contributed by atoms with E-state index in [2.05, 4.69) is 11.4 Å². The molecule has 0 radical (unpaired) electrons. The number of benzene rings is 1. The van der Waals surface area contributed by atoms with Gasteiger partial charge in [-0.1, -0.05) is 25.0 Å². The minimum absolute atomic E-state index is 0.0214. The van der Waals surface area contributed by atoms with Gasteiger partial charge in [0.25, 0.3) is 0 Å². The summed E-state index contributed by atoms with van der Waals surface area (Å²) in [5.74, 6) is 0.147. The molecule has 2 bridgehead atoms. The number of hydrogen-bond acceptors (Lipinski definition) is 6. The lowest BCUT2D eigenvalue weighted by atomic mass is 9.89.